The van der Waals surface area contributed by atoms with Gasteiger partial charge in [0.15, 0.2) is 5.78 Å². The van der Waals surface area contributed by atoms with Crippen LogP contribution in [-0.4, -0.2) is 16.9 Å². The summed E-state index contributed by atoms with van der Waals surface area (Å²) < 4.78 is 0.603. The monoisotopic (exact) mass is 252 g/mol. The highest BCUT2D eigenvalue weighted by molar-refractivity contribution is 9.10. The van der Waals surface area contributed by atoms with E-state index in [4.69, 9.17) is 5.11 Å². The van der Waals surface area contributed by atoms with Crippen LogP contribution in [0.25, 0.3) is 6.08 Å². The van der Waals surface area contributed by atoms with Crippen LogP contribution in [0.2, 0.25) is 0 Å². The second kappa shape index (κ2) is 3.06. The van der Waals surface area contributed by atoms with Crippen molar-refractivity contribution in [2.24, 2.45) is 0 Å². The number of benzene rings is 1. The first-order valence-electron chi connectivity index (χ1n) is 3.89. The molecule has 2 rings (SSSR count). The molecule has 0 unspecified atom stereocenters. The molecular formula is C10H5BrO3. The summed E-state index contributed by atoms with van der Waals surface area (Å²) in [4.78, 5) is 22.1. The van der Waals surface area contributed by atoms with E-state index in [2.05, 4.69) is 15.9 Å². The number of allylic oxidation sites excluding steroid dienone is 1. The molecule has 0 bridgehead atoms. The molecule has 0 spiro atoms. The first kappa shape index (κ1) is 9.15. The molecule has 70 valence electrons. The third-order valence-corrected chi connectivity index (χ3v) is 2.50. The second-order valence-corrected chi connectivity index (χ2v) is 3.83. The van der Waals surface area contributed by atoms with Crippen LogP contribution >= 0.6 is 15.9 Å². The lowest BCUT2D eigenvalue weighted by Gasteiger charge is -2.03. The van der Waals surface area contributed by atoms with E-state index in [1.807, 2.05) is 0 Å². The number of hydrogen-bond donors (Lipinski definition) is 1. The van der Waals surface area contributed by atoms with Gasteiger partial charge in [-0.1, -0.05) is 15.9 Å². The summed E-state index contributed by atoms with van der Waals surface area (Å²) in [6.45, 7) is 0. The smallest absolute Gasteiger partial charge is 0.336 e. The van der Waals surface area contributed by atoms with Crippen LogP contribution in [0.4, 0.5) is 0 Å². The minimum Gasteiger partial charge on any atom is -0.478 e. The van der Waals surface area contributed by atoms with Crippen molar-refractivity contribution in [2.75, 3.05) is 0 Å². The van der Waals surface area contributed by atoms with Crippen molar-refractivity contribution in [2.45, 2.75) is 0 Å². The van der Waals surface area contributed by atoms with Crippen molar-refractivity contribution in [3.63, 3.8) is 0 Å². The van der Waals surface area contributed by atoms with Gasteiger partial charge in [-0.25, -0.2) is 4.79 Å². The topological polar surface area (TPSA) is 54.4 Å². The van der Waals surface area contributed by atoms with E-state index in [9.17, 15) is 9.59 Å². The Morgan fingerprint density at radius 1 is 1.29 bits per heavy atom. The molecular weight excluding hydrogens is 248 g/mol. The van der Waals surface area contributed by atoms with E-state index in [1.54, 1.807) is 6.07 Å². The zero-order chi connectivity index (χ0) is 10.3. The number of fused-ring (bicyclic) bond motifs is 1. The molecule has 0 amide bonds. The fourth-order valence-electron chi connectivity index (χ4n) is 1.43. The zero-order valence-electron chi connectivity index (χ0n) is 6.95. The number of carboxylic acid groups (broad SMARTS) is 1. The van der Waals surface area contributed by atoms with Gasteiger partial charge >= 0.3 is 5.97 Å². The molecule has 0 saturated heterocycles. The van der Waals surface area contributed by atoms with E-state index in [-0.39, 0.29) is 11.3 Å². The van der Waals surface area contributed by atoms with E-state index in [1.165, 1.54) is 18.2 Å². The number of ketones is 1. The Balaban J connectivity index is 2.74. The fraction of sp³-hybridized carbons (Fsp3) is 0. The van der Waals surface area contributed by atoms with Crippen molar-refractivity contribution in [1.82, 2.24) is 0 Å². The van der Waals surface area contributed by atoms with Gasteiger partial charge in [-0.15, -0.1) is 0 Å². The van der Waals surface area contributed by atoms with Crippen LogP contribution in [-0.2, 0) is 0 Å². The Labute approximate surface area is 88.2 Å². The van der Waals surface area contributed by atoms with Crippen LogP contribution in [0.1, 0.15) is 26.3 Å². The average molecular weight is 253 g/mol. The zero-order valence-corrected chi connectivity index (χ0v) is 8.54. The van der Waals surface area contributed by atoms with Gasteiger partial charge in [0.1, 0.15) is 0 Å². The molecule has 1 aromatic rings. The summed E-state index contributed by atoms with van der Waals surface area (Å²) in [6, 6.07) is 3.12. The van der Waals surface area contributed by atoms with Gasteiger partial charge in [-0.05, 0) is 24.3 Å². The first-order valence-corrected chi connectivity index (χ1v) is 4.68. The Bertz CT molecular complexity index is 475. The highest BCUT2D eigenvalue weighted by atomic mass is 79.9. The molecule has 1 N–H and O–H groups in total. The van der Waals surface area contributed by atoms with E-state index in [0.29, 0.717) is 15.6 Å². The molecule has 0 saturated carbocycles. The maximum absolute atomic E-state index is 11.3. The van der Waals surface area contributed by atoms with Crippen molar-refractivity contribution in [3.8, 4) is 0 Å². The van der Waals surface area contributed by atoms with Gasteiger partial charge in [0, 0.05) is 15.6 Å². The number of carboxylic acids is 1. The number of hydrogen-bond acceptors (Lipinski definition) is 2. The van der Waals surface area contributed by atoms with Gasteiger partial charge in [0.2, 0.25) is 0 Å². The SMILES string of the molecule is O=C(O)c1cc(Br)cc2c1C=CC2=O. The van der Waals surface area contributed by atoms with E-state index < -0.39 is 5.97 Å². The predicted molar refractivity (Wildman–Crippen MR) is 54.5 cm³/mol. The Morgan fingerprint density at radius 2 is 2.00 bits per heavy atom. The molecule has 0 radical (unpaired) electrons. The van der Waals surface area contributed by atoms with Gasteiger partial charge in [-0.2, -0.15) is 0 Å². The summed E-state index contributed by atoms with van der Waals surface area (Å²) in [5.41, 5.74) is 1.08. The van der Waals surface area contributed by atoms with Gasteiger partial charge < -0.3 is 5.11 Å². The summed E-state index contributed by atoms with van der Waals surface area (Å²) in [5, 5.41) is 8.89. The molecule has 1 aliphatic rings. The molecule has 0 fully saturated rings. The molecule has 1 aromatic carbocycles. The number of carbonyl (C=O) groups is 2. The molecule has 1 aliphatic carbocycles. The lowest BCUT2D eigenvalue weighted by atomic mass is 10.0. The van der Waals surface area contributed by atoms with Gasteiger partial charge in [-0.3, -0.25) is 4.79 Å². The Hall–Kier alpha value is -1.42. The quantitative estimate of drug-likeness (QED) is 0.835. The lowest BCUT2D eigenvalue weighted by molar-refractivity contribution is 0.0696. The predicted octanol–water partition coefficient (Wildman–Crippen LogP) is 2.36. The van der Waals surface area contributed by atoms with Crippen LogP contribution < -0.4 is 0 Å². The summed E-state index contributed by atoms with van der Waals surface area (Å²) in [7, 11) is 0. The summed E-state index contributed by atoms with van der Waals surface area (Å²) in [6.07, 6.45) is 2.91. The average Bonchev–Trinajstić information content (AvgIpc) is 2.47. The third-order valence-electron chi connectivity index (χ3n) is 2.04. The third kappa shape index (κ3) is 1.28. The maximum atomic E-state index is 11.3. The van der Waals surface area contributed by atoms with Crippen LogP contribution in [0.3, 0.4) is 0 Å². The van der Waals surface area contributed by atoms with Crippen LogP contribution in [0.5, 0.6) is 0 Å². The molecule has 0 aliphatic heterocycles. The molecule has 4 heteroatoms. The number of aromatic carboxylic acids is 1. The number of rotatable bonds is 1. The standard InChI is InChI=1S/C10H5BrO3/c11-5-3-7-6(1-2-9(7)12)8(4-5)10(13)14/h1-4H,(H,13,14). The van der Waals surface area contributed by atoms with Crippen molar-refractivity contribution in [3.05, 3.63) is 39.4 Å². The minimum atomic E-state index is -1.03. The van der Waals surface area contributed by atoms with Crippen molar-refractivity contribution >= 4 is 33.8 Å². The van der Waals surface area contributed by atoms with Crippen molar-refractivity contribution in [1.29, 1.82) is 0 Å². The first-order chi connectivity index (χ1) is 6.59. The Kier molecular flexibility index (Phi) is 2.00. The Morgan fingerprint density at radius 3 is 2.64 bits per heavy atom. The maximum Gasteiger partial charge on any atom is 0.336 e. The second-order valence-electron chi connectivity index (χ2n) is 2.92. The van der Waals surface area contributed by atoms with Crippen molar-refractivity contribution < 1.29 is 14.7 Å². The normalized spacial score (nSPS) is 13.1. The fourth-order valence-corrected chi connectivity index (χ4v) is 1.89. The van der Waals surface area contributed by atoms with Crippen LogP contribution in [0.15, 0.2) is 22.7 Å². The number of carbonyl (C=O) groups excluding carboxylic acids is 1. The van der Waals surface area contributed by atoms with Crippen LogP contribution in [0, 0.1) is 0 Å². The van der Waals surface area contributed by atoms with E-state index >= 15 is 0 Å². The summed E-state index contributed by atoms with van der Waals surface area (Å²) in [5.74, 6) is -1.18. The largest absolute Gasteiger partial charge is 0.478 e. The molecule has 3 nitrogen and oxygen atoms in total. The molecule has 0 atom stereocenters. The highest BCUT2D eigenvalue weighted by Crippen LogP contribution is 2.27. The molecule has 14 heavy (non-hydrogen) atoms. The van der Waals surface area contributed by atoms with Gasteiger partial charge in [0.25, 0.3) is 0 Å². The lowest BCUT2D eigenvalue weighted by Crippen LogP contribution is -2.02. The number of halogens is 1. The van der Waals surface area contributed by atoms with E-state index in [0.717, 1.165) is 0 Å². The minimum absolute atomic E-state index is 0.149. The molecule has 0 aromatic heterocycles. The van der Waals surface area contributed by atoms with Gasteiger partial charge in [0.05, 0.1) is 5.56 Å². The highest BCUT2D eigenvalue weighted by Gasteiger charge is 2.20. The molecule has 0 heterocycles. The summed E-state index contributed by atoms with van der Waals surface area (Å²) >= 11 is 3.17.